The molecule has 194 valence electrons. The number of carbonyl (C=O) groups is 1. The van der Waals surface area contributed by atoms with E-state index >= 15 is 0 Å². The van der Waals surface area contributed by atoms with Gasteiger partial charge in [-0.3, -0.25) is 14.6 Å². The van der Waals surface area contributed by atoms with Gasteiger partial charge < -0.3 is 14.2 Å². The van der Waals surface area contributed by atoms with E-state index in [1.54, 1.807) is 30.7 Å². The zero-order chi connectivity index (χ0) is 24.7. The number of anilines is 1. The number of benzene rings is 2. The molecule has 0 radical (unpaired) electrons. The van der Waals surface area contributed by atoms with Gasteiger partial charge in [0.1, 0.15) is 16.9 Å². The monoisotopic (exact) mass is 542 g/mol. The summed E-state index contributed by atoms with van der Waals surface area (Å²) in [5, 5.41) is 0.394. The third-order valence-corrected chi connectivity index (χ3v) is 7.29. The lowest BCUT2D eigenvalue weighted by Crippen LogP contribution is -2.35. The molecule has 2 aromatic carbocycles. The molecule has 0 saturated heterocycles. The molecular formula is C26H36Cl2N2O4S. The van der Waals surface area contributed by atoms with Crippen LogP contribution in [0.4, 0.5) is 5.69 Å². The zero-order valence-corrected chi connectivity index (χ0v) is 23.5. The van der Waals surface area contributed by atoms with Crippen LogP contribution in [0.2, 0.25) is 5.02 Å². The van der Waals surface area contributed by atoms with Crippen molar-refractivity contribution in [2.75, 3.05) is 44.9 Å². The molecule has 0 saturated carbocycles. The molecule has 1 unspecified atom stereocenters. The fourth-order valence-corrected chi connectivity index (χ4v) is 5.64. The van der Waals surface area contributed by atoms with E-state index in [9.17, 15) is 4.79 Å². The highest BCUT2D eigenvalue weighted by Crippen LogP contribution is 2.54. The molecule has 1 aliphatic heterocycles. The second-order valence-corrected chi connectivity index (χ2v) is 9.96. The molecule has 0 spiro atoms. The third-order valence-electron chi connectivity index (χ3n) is 5.78. The first-order chi connectivity index (χ1) is 16.3. The lowest BCUT2D eigenvalue weighted by atomic mass is 10.1. The van der Waals surface area contributed by atoms with Crippen molar-refractivity contribution >= 4 is 47.4 Å². The maximum Gasteiger partial charge on any atom is 0.225 e. The van der Waals surface area contributed by atoms with Gasteiger partial charge in [0.15, 0.2) is 0 Å². The highest BCUT2D eigenvalue weighted by molar-refractivity contribution is 8.00. The van der Waals surface area contributed by atoms with E-state index in [0.717, 1.165) is 60.4 Å². The smallest absolute Gasteiger partial charge is 0.225 e. The molecule has 0 fully saturated rings. The minimum atomic E-state index is -0.255. The first-order valence-electron chi connectivity index (χ1n) is 11.7. The number of thioether (sulfide) groups is 1. The molecule has 6 nitrogen and oxygen atoms in total. The Morgan fingerprint density at radius 1 is 1.17 bits per heavy atom. The number of ether oxygens (including phenoxy) is 3. The van der Waals surface area contributed by atoms with E-state index in [1.807, 2.05) is 43.3 Å². The van der Waals surface area contributed by atoms with Crippen molar-refractivity contribution in [3.8, 4) is 11.5 Å². The number of fused-ring (bicyclic) bond motifs is 1. The fraction of sp³-hybridized carbons (Fsp3) is 0.500. The van der Waals surface area contributed by atoms with E-state index in [1.165, 1.54) is 0 Å². The van der Waals surface area contributed by atoms with E-state index in [2.05, 4.69) is 18.7 Å². The Bertz CT molecular complexity index is 976. The summed E-state index contributed by atoms with van der Waals surface area (Å²) >= 11 is 7.82. The van der Waals surface area contributed by atoms with Crippen LogP contribution < -0.4 is 14.4 Å². The van der Waals surface area contributed by atoms with Gasteiger partial charge in [0, 0.05) is 48.1 Å². The summed E-state index contributed by atoms with van der Waals surface area (Å²) in [5.74, 6) is 1.45. The van der Waals surface area contributed by atoms with Crippen LogP contribution in [0, 0.1) is 0 Å². The molecule has 35 heavy (non-hydrogen) atoms. The molecular weight excluding hydrogens is 507 g/mol. The number of halogens is 2. The maximum atomic E-state index is 12.6. The summed E-state index contributed by atoms with van der Waals surface area (Å²) in [6, 6.07) is 11.8. The minimum Gasteiger partial charge on any atom is -0.497 e. The summed E-state index contributed by atoms with van der Waals surface area (Å²) in [4.78, 5) is 17.8. The number of amides is 1. The van der Waals surface area contributed by atoms with Crippen molar-refractivity contribution < 1.29 is 19.0 Å². The van der Waals surface area contributed by atoms with Gasteiger partial charge in [-0.1, -0.05) is 23.4 Å². The van der Waals surface area contributed by atoms with Crippen molar-refractivity contribution in [1.29, 1.82) is 0 Å². The zero-order valence-electron chi connectivity index (χ0n) is 21.1. The van der Waals surface area contributed by atoms with E-state index in [-0.39, 0.29) is 23.7 Å². The van der Waals surface area contributed by atoms with Crippen LogP contribution in [0.1, 0.15) is 45.1 Å². The third kappa shape index (κ3) is 7.67. The van der Waals surface area contributed by atoms with Gasteiger partial charge >= 0.3 is 0 Å². The molecule has 2 aromatic rings. The SMILES string of the molecule is CCOCCN(CCCOc1ccc(OC)cc1C1Sc2cc(Cl)ccc2N1C(C)=O)C(C)C.Cl. The van der Waals surface area contributed by atoms with Crippen molar-refractivity contribution in [2.24, 2.45) is 0 Å². The average molecular weight is 544 g/mol. The minimum absolute atomic E-state index is 0. The predicted molar refractivity (Wildman–Crippen MR) is 147 cm³/mol. The topological polar surface area (TPSA) is 51.2 Å². The van der Waals surface area contributed by atoms with Crippen LogP contribution in [0.15, 0.2) is 41.3 Å². The Balaban J connectivity index is 0.00000432. The van der Waals surface area contributed by atoms with Crippen LogP contribution in [-0.2, 0) is 9.53 Å². The van der Waals surface area contributed by atoms with Crippen LogP contribution >= 0.6 is 35.8 Å². The number of hydrogen-bond donors (Lipinski definition) is 0. The Morgan fingerprint density at radius 3 is 2.60 bits per heavy atom. The van der Waals surface area contributed by atoms with Crippen LogP contribution in [0.25, 0.3) is 0 Å². The van der Waals surface area contributed by atoms with E-state index in [4.69, 9.17) is 25.8 Å². The number of nitrogens with zero attached hydrogens (tertiary/aromatic N) is 2. The van der Waals surface area contributed by atoms with Crippen LogP contribution in [0.3, 0.4) is 0 Å². The lowest BCUT2D eigenvalue weighted by Gasteiger charge is -2.27. The Morgan fingerprint density at radius 2 is 1.94 bits per heavy atom. The van der Waals surface area contributed by atoms with Gasteiger partial charge in [-0.25, -0.2) is 0 Å². The molecule has 0 aliphatic carbocycles. The highest BCUT2D eigenvalue weighted by atomic mass is 35.5. The van der Waals surface area contributed by atoms with Gasteiger partial charge in [0.25, 0.3) is 0 Å². The van der Waals surface area contributed by atoms with Crippen molar-refractivity contribution in [1.82, 2.24) is 4.90 Å². The second kappa shape index (κ2) is 14.2. The fourth-order valence-electron chi connectivity index (χ4n) is 4.00. The summed E-state index contributed by atoms with van der Waals surface area (Å²) < 4.78 is 17.3. The summed E-state index contributed by atoms with van der Waals surface area (Å²) in [6.45, 7) is 11.9. The molecule has 9 heteroatoms. The van der Waals surface area contributed by atoms with Gasteiger partial charge in [-0.05, 0) is 63.6 Å². The molecule has 0 bridgehead atoms. The second-order valence-electron chi connectivity index (χ2n) is 8.40. The number of rotatable bonds is 12. The first kappa shape index (κ1) is 29.6. The predicted octanol–water partition coefficient (Wildman–Crippen LogP) is 6.44. The molecule has 1 aliphatic rings. The summed E-state index contributed by atoms with van der Waals surface area (Å²) in [7, 11) is 1.64. The van der Waals surface area contributed by atoms with E-state index in [0.29, 0.717) is 17.7 Å². The summed E-state index contributed by atoms with van der Waals surface area (Å²) in [6.07, 6.45) is 0.889. The average Bonchev–Trinajstić information content (AvgIpc) is 3.19. The van der Waals surface area contributed by atoms with Crippen molar-refractivity contribution in [3.63, 3.8) is 0 Å². The molecule has 3 rings (SSSR count). The lowest BCUT2D eigenvalue weighted by molar-refractivity contribution is -0.116. The quantitative estimate of drug-likeness (QED) is 0.287. The van der Waals surface area contributed by atoms with Crippen LogP contribution in [0.5, 0.6) is 11.5 Å². The largest absolute Gasteiger partial charge is 0.497 e. The standard InChI is InChI=1S/C26H35ClN2O4S.ClH/c1-6-32-15-13-28(18(2)3)12-7-14-33-24-11-9-21(31-5)17-22(24)26-29(19(4)30)23-10-8-20(27)16-25(23)34-26;/h8-11,16-18,26H,6-7,12-15H2,1-5H3;1H. The van der Waals surface area contributed by atoms with Crippen molar-refractivity contribution in [3.05, 3.63) is 47.0 Å². The Labute approximate surface area is 224 Å². The van der Waals surface area contributed by atoms with Crippen LogP contribution in [-0.4, -0.2) is 56.9 Å². The normalized spacial score (nSPS) is 14.7. The van der Waals surface area contributed by atoms with E-state index < -0.39 is 0 Å². The molecule has 1 heterocycles. The molecule has 1 atom stereocenters. The first-order valence-corrected chi connectivity index (χ1v) is 13.0. The van der Waals surface area contributed by atoms with Gasteiger partial charge in [-0.15, -0.1) is 12.4 Å². The molecule has 0 N–H and O–H groups in total. The maximum absolute atomic E-state index is 12.6. The molecule has 0 aromatic heterocycles. The van der Waals surface area contributed by atoms with Gasteiger partial charge in [-0.2, -0.15) is 0 Å². The van der Waals surface area contributed by atoms with Crippen molar-refractivity contribution in [2.45, 2.75) is 50.4 Å². The Kier molecular flexibility index (Phi) is 12.0. The summed E-state index contributed by atoms with van der Waals surface area (Å²) in [5.41, 5.74) is 1.77. The van der Waals surface area contributed by atoms with Gasteiger partial charge in [0.2, 0.25) is 5.91 Å². The molecule has 1 amide bonds. The highest BCUT2D eigenvalue weighted by Gasteiger charge is 2.36. The number of carbonyl (C=O) groups excluding carboxylic acids is 1. The van der Waals surface area contributed by atoms with Gasteiger partial charge in [0.05, 0.1) is 26.0 Å². The number of hydrogen-bond acceptors (Lipinski definition) is 6. The number of methoxy groups -OCH3 is 1. The Hall–Kier alpha value is -1.64.